The largest absolute Gasteiger partial charge is 0.436 e. The second-order valence-corrected chi connectivity index (χ2v) is 6.91. The summed E-state index contributed by atoms with van der Waals surface area (Å²) in [6.07, 6.45) is 0.197. The highest BCUT2D eigenvalue weighted by Gasteiger charge is 2.09. The first-order valence-corrected chi connectivity index (χ1v) is 9.69. The Morgan fingerprint density at radius 1 is 1.04 bits per heavy atom. The van der Waals surface area contributed by atoms with Crippen LogP contribution in [0.1, 0.15) is 16.8 Å². The van der Waals surface area contributed by atoms with Crippen molar-refractivity contribution in [1.29, 1.82) is 0 Å². The van der Waals surface area contributed by atoms with E-state index < -0.39 is 0 Å². The van der Waals surface area contributed by atoms with Crippen LogP contribution in [0.2, 0.25) is 0 Å². The number of rotatable bonds is 6. The summed E-state index contributed by atoms with van der Waals surface area (Å²) in [7, 11) is 0. The van der Waals surface area contributed by atoms with Gasteiger partial charge < -0.3 is 15.1 Å². The molecule has 2 aromatic carbocycles. The first-order chi connectivity index (χ1) is 13.7. The molecule has 0 aliphatic rings. The fourth-order valence-corrected chi connectivity index (χ4v) is 3.34. The van der Waals surface area contributed by atoms with Crippen molar-refractivity contribution in [2.24, 2.45) is 0 Å². The zero-order valence-electron chi connectivity index (χ0n) is 14.8. The van der Waals surface area contributed by atoms with Crippen LogP contribution >= 0.6 is 11.3 Å². The molecule has 0 radical (unpaired) electrons. The lowest BCUT2D eigenvalue weighted by molar-refractivity contribution is -0.116. The Kier molecular flexibility index (Phi) is 5.16. The lowest BCUT2D eigenvalue weighted by atomic mass is 10.2. The van der Waals surface area contributed by atoms with Crippen molar-refractivity contribution in [2.45, 2.75) is 6.42 Å². The molecule has 28 heavy (non-hydrogen) atoms. The van der Waals surface area contributed by atoms with Gasteiger partial charge in [-0.15, -0.1) is 0 Å². The van der Waals surface area contributed by atoms with Gasteiger partial charge >= 0.3 is 0 Å². The average Bonchev–Trinajstić information content (AvgIpc) is 3.38. The molecule has 2 amide bonds. The predicted molar refractivity (Wildman–Crippen MR) is 109 cm³/mol. The first-order valence-electron chi connectivity index (χ1n) is 8.75. The monoisotopic (exact) mass is 391 g/mol. The molecule has 2 heterocycles. The van der Waals surface area contributed by atoms with E-state index in [1.54, 1.807) is 23.6 Å². The van der Waals surface area contributed by atoms with Crippen molar-refractivity contribution >= 4 is 39.9 Å². The van der Waals surface area contributed by atoms with Crippen LogP contribution in [0.5, 0.6) is 0 Å². The third-order valence-electron chi connectivity index (χ3n) is 4.13. The van der Waals surface area contributed by atoms with Gasteiger partial charge in [0.15, 0.2) is 5.58 Å². The number of nitrogens with zero attached hydrogens (tertiary/aromatic N) is 1. The lowest BCUT2D eigenvalue weighted by Gasteiger charge is -2.06. The first kappa shape index (κ1) is 17.9. The van der Waals surface area contributed by atoms with Gasteiger partial charge in [0.1, 0.15) is 5.52 Å². The molecule has 0 fully saturated rings. The Bertz CT molecular complexity index is 1070. The lowest BCUT2D eigenvalue weighted by Crippen LogP contribution is -2.27. The maximum absolute atomic E-state index is 12.1. The van der Waals surface area contributed by atoms with E-state index in [2.05, 4.69) is 15.6 Å². The third kappa shape index (κ3) is 4.10. The van der Waals surface area contributed by atoms with Crippen LogP contribution in [0.4, 0.5) is 5.69 Å². The Balaban J connectivity index is 1.31. The normalized spacial score (nSPS) is 10.7. The highest BCUT2D eigenvalue weighted by Crippen LogP contribution is 2.25. The summed E-state index contributed by atoms with van der Waals surface area (Å²) in [4.78, 5) is 28.4. The molecule has 7 heteroatoms. The van der Waals surface area contributed by atoms with Gasteiger partial charge in [-0.05, 0) is 47.8 Å². The molecule has 0 unspecified atom stereocenters. The van der Waals surface area contributed by atoms with Gasteiger partial charge in [0.25, 0.3) is 5.91 Å². The van der Waals surface area contributed by atoms with Gasteiger partial charge in [-0.25, -0.2) is 4.98 Å². The van der Waals surface area contributed by atoms with Crippen LogP contribution < -0.4 is 10.6 Å². The van der Waals surface area contributed by atoms with Crippen LogP contribution in [0.25, 0.3) is 22.6 Å². The van der Waals surface area contributed by atoms with Crippen LogP contribution in [0.15, 0.2) is 69.8 Å². The number of carbonyl (C=O) groups excluding carboxylic acids is 2. The van der Waals surface area contributed by atoms with Crippen molar-refractivity contribution in [3.8, 4) is 11.5 Å². The van der Waals surface area contributed by atoms with Crippen LogP contribution in [-0.4, -0.2) is 23.3 Å². The molecule has 4 rings (SSSR count). The van der Waals surface area contributed by atoms with Gasteiger partial charge in [-0.2, -0.15) is 11.3 Å². The summed E-state index contributed by atoms with van der Waals surface area (Å²) in [5.41, 5.74) is 3.66. The molecular formula is C21H17N3O3S. The van der Waals surface area contributed by atoms with Crippen LogP contribution in [0.3, 0.4) is 0 Å². The van der Waals surface area contributed by atoms with E-state index in [0.717, 1.165) is 16.7 Å². The number of oxazole rings is 1. The van der Waals surface area contributed by atoms with E-state index in [1.807, 2.05) is 41.8 Å². The molecule has 0 aliphatic heterocycles. The molecule has 0 atom stereocenters. The maximum Gasteiger partial charge on any atom is 0.252 e. The van der Waals surface area contributed by atoms with Crippen molar-refractivity contribution in [1.82, 2.24) is 10.3 Å². The second kappa shape index (κ2) is 8.06. The van der Waals surface area contributed by atoms with E-state index in [4.69, 9.17) is 4.42 Å². The van der Waals surface area contributed by atoms with Crippen molar-refractivity contribution in [2.75, 3.05) is 11.9 Å². The molecule has 2 N–H and O–H groups in total. The van der Waals surface area contributed by atoms with Gasteiger partial charge in [-0.3, -0.25) is 9.59 Å². The molecule has 0 saturated heterocycles. The minimum atomic E-state index is -0.170. The van der Waals surface area contributed by atoms with Crippen molar-refractivity contribution < 1.29 is 14.0 Å². The number of amides is 2. The summed E-state index contributed by atoms with van der Waals surface area (Å²) in [6, 6.07) is 16.6. The summed E-state index contributed by atoms with van der Waals surface area (Å²) in [6.45, 7) is 0.279. The molecule has 0 saturated carbocycles. The predicted octanol–water partition coefficient (Wildman–Crippen LogP) is 4.31. The van der Waals surface area contributed by atoms with E-state index in [0.29, 0.717) is 17.1 Å². The topological polar surface area (TPSA) is 84.2 Å². The van der Waals surface area contributed by atoms with Gasteiger partial charge in [0.2, 0.25) is 11.8 Å². The quantitative estimate of drug-likeness (QED) is 0.513. The Morgan fingerprint density at radius 3 is 2.61 bits per heavy atom. The Hall–Kier alpha value is -3.45. The smallest absolute Gasteiger partial charge is 0.252 e. The zero-order valence-corrected chi connectivity index (χ0v) is 15.7. The van der Waals surface area contributed by atoms with Crippen molar-refractivity contribution in [3.63, 3.8) is 0 Å². The van der Waals surface area contributed by atoms with E-state index in [9.17, 15) is 9.59 Å². The van der Waals surface area contributed by atoms with E-state index in [1.165, 1.54) is 11.3 Å². The zero-order chi connectivity index (χ0) is 19.3. The summed E-state index contributed by atoms with van der Waals surface area (Å²) >= 11 is 1.46. The SMILES string of the molecule is O=C(CCNC(=O)c1ccsc1)Nc1ccc(-c2nc3ccccc3o2)cc1. The Morgan fingerprint density at radius 2 is 1.86 bits per heavy atom. The molecule has 0 bridgehead atoms. The maximum atomic E-state index is 12.1. The molecular weight excluding hydrogens is 374 g/mol. The van der Waals surface area contributed by atoms with Gasteiger partial charge in [-0.1, -0.05) is 12.1 Å². The minimum absolute atomic E-state index is 0.166. The van der Waals surface area contributed by atoms with Crippen LogP contribution in [0, 0.1) is 0 Å². The molecule has 6 nitrogen and oxygen atoms in total. The fourth-order valence-electron chi connectivity index (χ4n) is 2.70. The fraction of sp³-hybridized carbons (Fsp3) is 0.0952. The number of carbonyl (C=O) groups is 2. The molecule has 140 valence electrons. The number of anilines is 1. The Labute approximate surface area is 165 Å². The third-order valence-corrected chi connectivity index (χ3v) is 4.81. The molecule has 0 aliphatic carbocycles. The van der Waals surface area contributed by atoms with E-state index in [-0.39, 0.29) is 24.8 Å². The number of nitrogens with one attached hydrogen (secondary N) is 2. The van der Waals surface area contributed by atoms with Crippen molar-refractivity contribution in [3.05, 3.63) is 70.9 Å². The molecule has 0 spiro atoms. The number of para-hydroxylation sites is 2. The van der Waals surface area contributed by atoms with Gasteiger partial charge in [0, 0.05) is 35.2 Å². The molecule has 4 aromatic rings. The average molecular weight is 391 g/mol. The second-order valence-electron chi connectivity index (χ2n) is 6.13. The van der Waals surface area contributed by atoms with Gasteiger partial charge in [0.05, 0.1) is 0 Å². The number of fused-ring (bicyclic) bond motifs is 1. The number of hydrogen-bond donors (Lipinski definition) is 2. The number of thiophene rings is 1. The number of benzene rings is 2. The summed E-state index contributed by atoms with van der Waals surface area (Å²) in [5, 5.41) is 9.16. The number of aromatic nitrogens is 1. The summed E-state index contributed by atoms with van der Waals surface area (Å²) < 4.78 is 5.74. The van der Waals surface area contributed by atoms with Crippen LogP contribution in [-0.2, 0) is 4.79 Å². The summed E-state index contributed by atoms with van der Waals surface area (Å²) in [5.74, 6) is 0.201. The van der Waals surface area contributed by atoms with E-state index >= 15 is 0 Å². The highest BCUT2D eigenvalue weighted by atomic mass is 32.1. The number of hydrogen-bond acceptors (Lipinski definition) is 5. The molecule has 2 aromatic heterocycles. The minimum Gasteiger partial charge on any atom is -0.436 e. The standard InChI is InChI=1S/C21H17N3O3S/c25-19(9-11-22-20(26)15-10-12-28-13-15)23-16-7-5-14(6-8-16)21-24-17-3-1-2-4-18(17)27-21/h1-8,10,12-13H,9,11H2,(H,22,26)(H,23,25). The highest BCUT2D eigenvalue weighted by molar-refractivity contribution is 7.08.